The molecule has 2 fully saturated rings. The summed E-state index contributed by atoms with van der Waals surface area (Å²) in [6, 6.07) is 2.27. The SMILES string of the molecule is CC(CCN1CCC[C@@H](C(C)C)C1)C1CCN(CCC#N)CC1. The lowest BCUT2D eigenvalue weighted by Gasteiger charge is -2.37. The van der Waals surface area contributed by atoms with Gasteiger partial charge in [-0.25, -0.2) is 0 Å². The molecule has 2 heterocycles. The van der Waals surface area contributed by atoms with Gasteiger partial charge in [0.2, 0.25) is 0 Å². The highest BCUT2D eigenvalue weighted by atomic mass is 15.1. The van der Waals surface area contributed by atoms with Crippen molar-refractivity contribution in [3.05, 3.63) is 0 Å². The Kier molecular flexibility index (Phi) is 7.86. The number of nitrogens with zero attached hydrogens (tertiary/aromatic N) is 3. The lowest BCUT2D eigenvalue weighted by Crippen LogP contribution is -2.39. The number of piperidine rings is 2. The van der Waals surface area contributed by atoms with Crippen molar-refractivity contribution >= 4 is 0 Å². The molecule has 0 spiro atoms. The van der Waals surface area contributed by atoms with E-state index < -0.39 is 0 Å². The minimum Gasteiger partial charge on any atom is -0.303 e. The van der Waals surface area contributed by atoms with Crippen LogP contribution in [-0.4, -0.2) is 49.1 Å². The summed E-state index contributed by atoms with van der Waals surface area (Å²) in [5, 5.41) is 8.70. The maximum atomic E-state index is 8.70. The van der Waals surface area contributed by atoms with Gasteiger partial charge in [0.15, 0.2) is 0 Å². The summed E-state index contributed by atoms with van der Waals surface area (Å²) >= 11 is 0. The summed E-state index contributed by atoms with van der Waals surface area (Å²) in [6.45, 7) is 14.6. The minimum atomic E-state index is 0.687. The van der Waals surface area contributed by atoms with Gasteiger partial charge in [0.05, 0.1) is 6.07 Å². The van der Waals surface area contributed by atoms with Gasteiger partial charge in [-0.2, -0.15) is 5.26 Å². The third kappa shape index (κ3) is 6.08. The summed E-state index contributed by atoms with van der Waals surface area (Å²) in [6.07, 6.45) is 7.56. The van der Waals surface area contributed by atoms with Gasteiger partial charge in [-0.1, -0.05) is 20.8 Å². The van der Waals surface area contributed by atoms with Gasteiger partial charge >= 0.3 is 0 Å². The molecule has 0 bridgehead atoms. The Balaban J connectivity index is 1.65. The summed E-state index contributed by atoms with van der Waals surface area (Å²) in [5.74, 6) is 3.52. The second-order valence-electron chi connectivity index (χ2n) is 8.30. The van der Waals surface area contributed by atoms with Gasteiger partial charge in [0.1, 0.15) is 0 Å². The van der Waals surface area contributed by atoms with E-state index in [0.29, 0.717) is 6.42 Å². The maximum Gasteiger partial charge on any atom is 0.0635 e. The predicted octanol–water partition coefficient (Wildman–Crippen LogP) is 4.01. The molecule has 2 rings (SSSR count). The molecule has 3 heteroatoms. The van der Waals surface area contributed by atoms with E-state index in [9.17, 15) is 0 Å². The zero-order valence-electron chi connectivity index (χ0n) is 15.6. The van der Waals surface area contributed by atoms with Crippen molar-refractivity contribution in [2.24, 2.45) is 23.7 Å². The summed E-state index contributed by atoms with van der Waals surface area (Å²) in [4.78, 5) is 5.21. The van der Waals surface area contributed by atoms with Gasteiger partial charge in [-0.15, -0.1) is 0 Å². The van der Waals surface area contributed by atoms with Crippen molar-refractivity contribution in [2.45, 2.75) is 59.3 Å². The van der Waals surface area contributed by atoms with Crippen molar-refractivity contribution in [3.8, 4) is 6.07 Å². The van der Waals surface area contributed by atoms with Gasteiger partial charge in [-0.3, -0.25) is 0 Å². The molecular weight excluding hydrogens is 282 g/mol. The van der Waals surface area contributed by atoms with Gasteiger partial charge in [0.25, 0.3) is 0 Å². The number of hydrogen-bond donors (Lipinski definition) is 0. The van der Waals surface area contributed by atoms with Crippen LogP contribution in [0.5, 0.6) is 0 Å². The highest BCUT2D eigenvalue weighted by Gasteiger charge is 2.26. The first-order chi connectivity index (χ1) is 11.1. The lowest BCUT2D eigenvalue weighted by atomic mass is 9.83. The van der Waals surface area contributed by atoms with Crippen molar-refractivity contribution in [2.75, 3.05) is 39.3 Å². The molecule has 2 saturated heterocycles. The van der Waals surface area contributed by atoms with Crippen LogP contribution in [0.4, 0.5) is 0 Å². The first-order valence-corrected chi connectivity index (χ1v) is 9.91. The Morgan fingerprint density at radius 2 is 1.70 bits per heavy atom. The van der Waals surface area contributed by atoms with Crippen LogP contribution in [0.2, 0.25) is 0 Å². The molecule has 0 aliphatic carbocycles. The van der Waals surface area contributed by atoms with Crippen LogP contribution in [0.25, 0.3) is 0 Å². The fourth-order valence-corrected chi connectivity index (χ4v) is 4.41. The van der Waals surface area contributed by atoms with E-state index in [0.717, 1.165) is 30.2 Å². The van der Waals surface area contributed by atoms with Crippen molar-refractivity contribution in [1.82, 2.24) is 9.80 Å². The number of rotatable bonds is 7. The molecule has 0 aromatic heterocycles. The Hall–Kier alpha value is -0.590. The topological polar surface area (TPSA) is 30.3 Å². The monoisotopic (exact) mass is 319 g/mol. The number of likely N-dealkylation sites (tertiary alicyclic amines) is 2. The zero-order valence-corrected chi connectivity index (χ0v) is 15.6. The van der Waals surface area contributed by atoms with Crippen LogP contribution in [0.1, 0.15) is 59.3 Å². The molecule has 0 amide bonds. The molecule has 0 radical (unpaired) electrons. The van der Waals surface area contributed by atoms with Gasteiger partial charge < -0.3 is 9.80 Å². The Morgan fingerprint density at radius 1 is 0.957 bits per heavy atom. The standard InChI is InChI=1S/C20H37N3/c1-17(2)20-6-4-11-23(16-20)13-7-18(3)19-8-14-22(15-9-19)12-5-10-21/h17-20H,4-9,11-16H2,1-3H3/t18?,20-/m1/s1. The van der Waals surface area contributed by atoms with E-state index in [4.69, 9.17) is 5.26 Å². The average Bonchev–Trinajstić information content (AvgIpc) is 2.58. The Morgan fingerprint density at radius 3 is 2.35 bits per heavy atom. The normalized spacial score (nSPS) is 26.3. The minimum absolute atomic E-state index is 0.687. The largest absolute Gasteiger partial charge is 0.303 e. The highest BCUT2D eigenvalue weighted by Crippen LogP contribution is 2.29. The highest BCUT2D eigenvalue weighted by molar-refractivity contribution is 4.80. The molecule has 2 aliphatic heterocycles. The molecule has 2 aliphatic rings. The fourth-order valence-electron chi connectivity index (χ4n) is 4.41. The molecule has 0 aromatic rings. The molecule has 2 atom stereocenters. The second-order valence-corrected chi connectivity index (χ2v) is 8.30. The first-order valence-electron chi connectivity index (χ1n) is 9.91. The van der Waals surface area contributed by atoms with Crippen molar-refractivity contribution in [3.63, 3.8) is 0 Å². The van der Waals surface area contributed by atoms with E-state index in [1.54, 1.807) is 0 Å². The molecule has 132 valence electrons. The maximum absolute atomic E-state index is 8.70. The van der Waals surface area contributed by atoms with E-state index >= 15 is 0 Å². The van der Waals surface area contributed by atoms with Gasteiger partial charge in [-0.05, 0) is 82.0 Å². The summed E-state index contributed by atoms with van der Waals surface area (Å²) in [7, 11) is 0. The summed E-state index contributed by atoms with van der Waals surface area (Å²) in [5.41, 5.74) is 0. The molecule has 23 heavy (non-hydrogen) atoms. The van der Waals surface area contributed by atoms with Crippen molar-refractivity contribution in [1.29, 1.82) is 5.26 Å². The van der Waals surface area contributed by atoms with Crippen LogP contribution in [-0.2, 0) is 0 Å². The molecule has 0 saturated carbocycles. The van der Waals surface area contributed by atoms with E-state index in [1.807, 2.05) is 0 Å². The second kappa shape index (κ2) is 9.64. The van der Waals surface area contributed by atoms with E-state index in [-0.39, 0.29) is 0 Å². The third-order valence-electron chi connectivity index (χ3n) is 6.36. The molecule has 3 nitrogen and oxygen atoms in total. The van der Waals surface area contributed by atoms with Crippen LogP contribution in [0, 0.1) is 35.0 Å². The average molecular weight is 320 g/mol. The van der Waals surface area contributed by atoms with Crippen LogP contribution in [0.3, 0.4) is 0 Å². The van der Waals surface area contributed by atoms with Crippen LogP contribution < -0.4 is 0 Å². The van der Waals surface area contributed by atoms with Crippen LogP contribution in [0.15, 0.2) is 0 Å². The Labute approximate surface area is 144 Å². The van der Waals surface area contributed by atoms with Crippen LogP contribution >= 0.6 is 0 Å². The number of hydrogen-bond acceptors (Lipinski definition) is 3. The molecule has 0 aromatic carbocycles. The quantitative estimate of drug-likeness (QED) is 0.710. The lowest BCUT2D eigenvalue weighted by molar-refractivity contribution is 0.117. The molecule has 1 unspecified atom stereocenters. The third-order valence-corrected chi connectivity index (χ3v) is 6.36. The van der Waals surface area contributed by atoms with Gasteiger partial charge in [0, 0.05) is 19.5 Å². The van der Waals surface area contributed by atoms with E-state index in [1.165, 1.54) is 64.8 Å². The molecule has 0 N–H and O–H groups in total. The predicted molar refractivity (Wildman–Crippen MR) is 97.2 cm³/mol. The fraction of sp³-hybridized carbons (Fsp3) is 0.950. The van der Waals surface area contributed by atoms with E-state index in [2.05, 4.69) is 36.6 Å². The Bertz CT molecular complexity index is 366. The number of nitriles is 1. The smallest absolute Gasteiger partial charge is 0.0635 e. The molecular formula is C20H37N3. The first kappa shape index (κ1) is 18.7. The van der Waals surface area contributed by atoms with Crippen molar-refractivity contribution < 1.29 is 0 Å². The summed E-state index contributed by atoms with van der Waals surface area (Å²) < 4.78 is 0. The zero-order chi connectivity index (χ0) is 16.7.